The van der Waals surface area contributed by atoms with Gasteiger partial charge in [-0.1, -0.05) is 0 Å². The number of aliphatic hydroxyl groups is 2. The van der Waals surface area contributed by atoms with Gasteiger partial charge in [0.2, 0.25) is 5.95 Å². The molecule has 0 spiro atoms. The van der Waals surface area contributed by atoms with E-state index >= 15 is 0 Å². The fraction of sp³-hybridized carbons (Fsp3) is 0.474. The van der Waals surface area contributed by atoms with E-state index in [9.17, 15) is 24.4 Å². The SMILES string of the molecule is CSCC[C@H](N)C(=O)O.Nc1nc2c(ncn2[C@@H]2O[C@H](COP(=O)(O)O)[C@@H](O)[C@H]2O)c(=O)[nH]1.Oc1ccco1. The number of carboxylic acids is 1. The van der Waals surface area contributed by atoms with Crippen LogP contribution in [0.3, 0.4) is 0 Å². The zero-order valence-corrected chi connectivity index (χ0v) is 22.0. The fourth-order valence-corrected chi connectivity index (χ4v) is 3.87. The zero-order valence-electron chi connectivity index (χ0n) is 20.3. The Morgan fingerprint density at radius 3 is 2.56 bits per heavy atom. The van der Waals surface area contributed by atoms with Gasteiger partial charge in [0.25, 0.3) is 11.5 Å². The summed E-state index contributed by atoms with van der Waals surface area (Å²) < 4.78 is 26.0. The molecule has 1 saturated heterocycles. The highest BCUT2D eigenvalue weighted by molar-refractivity contribution is 7.98. The van der Waals surface area contributed by atoms with E-state index in [1.807, 2.05) is 6.26 Å². The van der Waals surface area contributed by atoms with Crippen molar-refractivity contribution >= 4 is 42.7 Å². The number of thioether (sulfide) groups is 1. The maximum Gasteiger partial charge on any atom is 0.469 e. The van der Waals surface area contributed by atoms with Gasteiger partial charge in [0.1, 0.15) is 24.4 Å². The Bertz CT molecular complexity index is 1300. The summed E-state index contributed by atoms with van der Waals surface area (Å²) in [6.45, 7) is -0.651. The Kier molecular flexibility index (Phi) is 11.9. The number of aromatic hydroxyl groups is 1. The molecule has 0 bridgehead atoms. The standard InChI is InChI=1S/C10H14N5O8P.C5H11NO2S.C4H4O2/c11-10-13-7-4(8(18)14-10)12-2-15(7)9-6(17)5(16)3(23-9)1-22-24(19,20)21;1-9-3-2-4(6)5(7)8;5-4-2-1-3-6-4/h2-3,5-6,9,16-17H,1H2,(H2,19,20,21)(H3,11,13,14,18);4H,2-3,6H2,1H3,(H,7,8);1-3,5H/t3-,5-,6-,9-;4-;/m10./s1. The number of phosphoric ester groups is 1. The molecule has 5 atom stereocenters. The number of nitrogens with one attached hydrogen (secondary N) is 1. The second kappa shape index (κ2) is 14.4. The van der Waals surface area contributed by atoms with Crippen LogP contribution < -0.4 is 17.0 Å². The third-order valence-corrected chi connectivity index (χ3v) is 6.05. The van der Waals surface area contributed by atoms with Crippen molar-refractivity contribution in [1.29, 1.82) is 0 Å². The minimum atomic E-state index is -4.76. The minimum absolute atomic E-state index is 0.0176. The number of ether oxygens (including phenoxy) is 1. The van der Waals surface area contributed by atoms with E-state index in [0.29, 0.717) is 6.42 Å². The third-order valence-electron chi connectivity index (χ3n) is 4.93. The molecule has 11 N–H and O–H groups in total. The van der Waals surface area contributed by atoms with Crippen LogP contribution in [0.5, 0.6) is 5.95 Å². The van der Waals surface area contributed by atoms with Crippen LogP contribution in [-0.2, 0) is 18.6 Å². The van der Waals surface area contributed by atoms with E-state index in [-0.39, 0.29) is 23.1 Å². The maximum atomic E-state index is 11.7. The molecule has 0 aromatic carbocycles. The average Bonchev–Trinajstić information content (AvgIpc) is 3.57. The number of carbonyl (C=O) groups is 1. The molecule has 3 aromatic heterocycles. The molecule has 1 aliphatic heterocycles. The first-order chi connectivity index (χ1) is 18.2. The summed E-state index contributed by atoms with van der Waals surface area (Å²) in [4.78, 5) is 49.2. The maximum absolute atomic E-state index is 11.7. The minimum Gasteiger partial charge on any atom is -0.481 e. The molecule has 39 heavy (non-hydrogen) atoms. The summed E-state index contributed by atoms with van der Waals surface area (Å²) >= 11 is 1.60. The van der Waals surface area contributed by atoms with Crippen molar-refractivity contribution < 1.29 is 53.3 Å². The first kappa shape index (κ1) is 32.2. The van der Waals surface area contributed by atoms with E-state index in [1.165, 1.54) is 23.2 Å². The van der Waals surface area contributed by atoms with Crippen molar-refractivity contribution in [2.75, 3.05) is 24.3 Å². The molecule has 1 aliphatic rings. The average molecular weight is 597 g/mol. The van der Waals surface area contributed by atoms with Crippen LogP contribution in [0.25, 0.3) is 11.2 Å². The highest BCUT2D eigenvalue weighted by atomic mass is 32.2. The number of furan rings is 1. The molecule has 0 unspecified atom stereocenters. The zero-order chi connectivity index (χ0) is 29.3. The summed E-state index contributed by atoms with van der Waals surface area (Å²) in [5, 5.41) is 36.6. The molecular formula is C19H29N6O12PS. The number of hydrogen-bond acceptors (Lipinski definition) is 14. The third kappa shape index (κ3) is 9.60. The number of anilines is 1. The Morgan fingerprint density at radius 2 is 2.05 bits per heavy atom. The molecule has 4 rings (SSSR count). The molecule has 0 radical (unpaired) electrons. The first-order valence-electron chi connectivity index (χ1n) is 10.9. The van der Waals surface area contributed by atoms with E-state index < -0.39 is 56.5 Å². The Labute approximate surface area is 223 Å². The number of nitrogens with two attached hydrogens (primary N) is 2. The van der Waals surface area contributed by atoms with Gasteiger partial charge in [-0.3, -0.25) is 23.7 Å². The van der Waals surface area contributed by atoms with Crippen LogP contribution in [0.1, 0.15) is 12.6 Å². The molecule has 1 fully saturated rings. The second-order valence-corrected chi connectivity index (χ2v) is 10.0. The van der Waals surface area contributed by atoms with Gasteiger partial charge in [0.05, 0.1) is 19.2 Å². The lowest BCUT2D eigenvalue weighted by Gasteiger charge is -2.16. The van der Waals surface area contributed by atoms with Crippen molar-refractivity contribution in [1.82, 2.24) is 19.5 Å². The largest absolute Gasteiger partial charge is 0.481 e. The number of nitrogen functional groups attached to an aromatic ring is 1. The van der Waals surface area contributed by atoms with Gasteiger partial charge in [-0.25, -0.2) is 9.55 Å². The Morgan fingerprint density at radius 1 is 1.36 bits per heavy atom. The molecule has 18 nitrogen and oxygen atoms in total. The fourth-order valence-electron chi connectivity index (χ4n) is 3.03. The molecule has 0 aliphatic carbocycles. The number of aliphatic carboxylic acids is 1. The van der Waals surface area contributed by atoms with Crippen molar-refractivity contribution in [2.24, 2.45) is 5.73 Å². The van der Waals surface area contributed by atoms with Crippen molar-refractivity contribution in [3.8, 4) is 5.95 Å². The summed E-state index contributed by atoms with van der Waals surface area (Å²) in [5.74, 6) is -0.310. The van der Waals surface area contributed by atoms with Crippen LogP contribution in [0.15, 0.2) is 33.9 Å². The number of fused-ring (bicyclic) bond motifs is 1. The second-order valence-electron chi connectivity index (χ2n) is 7.79. The molecule has 20 heteroatoms. The Hall–Kier alpha value is -3.00. The number of rotatable bonds is 8. The monoisotopic (exact) mass is 596 g/mol. The van der Waals surface area contributed by atoms with Crippen LogP contribution >= 0.6 is 19.6 Å². The van der Waals surface area contributed by atoms with Gasteiger partial charge in [-0.05, 0) is 24.5 Å². The van der Waals surface area contributed by atoms with E-state index in [4.69, 9.17) is 36.2 Å². The molecule has 0 saturated carbocycles. The normalized spacial score (nSPS) is 21.5. The van der Waals surface area contributed by atoms with Crippen molar-refractivity contribution in [2.45, 2.75) is 37.0 Å². The first-order valence-corrected chi connectivity index (χ1v) is 13.8. The molecule has 0 amide bonds. The number of aromatic amines is 1. The van der Waals surface area contributed by atoms with Crippen LogP contribution in [-0.4, -0.2) is 98.7 Å². The summed E-state index contributed by atoms with van der Waals surface area (Å²) in [7, 11) is -4.76. The van der Waals surface area contributed by atoms with E-state index in [2.05, 4.69) is 23.9 Å². The van der Waals surface area contributed by atoms with Gasteiger partial charge < -0.3 is 50.8 Å². The number of imidazole rings is 1. The van der Waals surface area contributed by atoms with Crippen LogP contribution in [0.2, 0.25) is 0 Å². The van der Waals surface area contributed by atoms with Crippen LogP contribution in [0.4, 0.5) is 5.95 Å². The van der Waals surface area contributed by atoms with Crippen molar-refractivity contribution in [3.63, 3.8) is 0 Å². The summed E-state index contributed by atoms with van der Waals surface area (Å²) in [5.41, 5.74) is 10.0. The van der Waals surface area contributed by atoms with Gasteiger partial charge in [-0.15, -0.1) is 0 Å². The van der Waals surface area contributed by atoms with Gasteiger partial charge in [0.15, 0.2) is 17.4 Å². The molecule has 218 valence electrons. The number of aliphatic hydroxyl groups excluding tert-OH is 2. The summed E-state index contributed by atoms with van der Waals surface area (Å²) in [6.07, 6.45) is -0.327. The van der Waals surface area contributed by atoms with Crippen molar-refractivity contribution in [3.05, 3.63) is 35.1 Å². The number of carboxylic acid groups (broad SMARTS) is 1. The molecular weight excluding hydrogens is 567 g/mol. The lowest BCUT2D eigenvalue weighted by Crippen LogP contribution is -2.33. The number of phosphoric acid groups is 1. The number of H-pyrrole nitrogens is 1. The molecule has 4 heterocycles. The number of nitrogens with zero attached hydrogens (tertiary/aromatic N) is 3. The predicted octanol–water partition coefficient (Wildman–Crippen LogP) is -1.43. The van der Waals surface area contributed by atoms with Gasteiger partial charge in [-0.2, -0.15) is 16.7 Å². The number of hydrogen-bond donors (Lipinski definition) is 9. The quantitative estimate of drug-likeness (QED) is 0.135. The van der Waals surface area contributed by atoms with Gasteiger partial charge in [0, 0.05) is 6.07 Å². The smallest absolute Gasteiger partial charge is 0.469 e. The Balaban J connectivity index is 0.000000291. The van der Waals surface area contributed by atoms with Crippen LogP contribution in [0, 0.1) is 0 Å². The van der Waals surface area contributed by atoms with Gasteiger partial charge >= 0.3 is 13.8 Å². The highest BCUT2D eigenvalue weighted by Crippen LogP contribution is 2.38. The van der Waals surface area contributed by atoms with E-state index in [1.54, 1.807) is 17.8 Å². The summed E-state index contributed by atoms with van der Waals surface area (Å²) in [6, 6.07) is 2.41. The lowest BCUT2D eigenvalue weighted by molar-refractivity contribution is -0.138. The topological polar surface area (TPSA) is 303 Å². The number of aromatic nitrogens is 4. The predicted molar refractivity (Wildman–Crippen MR) is 135 cm³/mol. The lowest BCUT2D eigenvalue weighted by atomic mass is 10.1. The van der Waals surface area contributed by atoms with E-state index in [0.717, 1.165) is 5.75 Å². The molecule has 3 aromatic rings. The highest BCUT2D eigenvalue weighted by Gasteiger charge is 2.45.